The van der Waals surface area contributed by atoms with Gasteiger partial charge in [-0.2, -0.15) is 0 Å². The lowest BCUT2D eigenvalue weighted by atomic mass is 9.75. The maximum Gasteiger partial charge on any atom is 0.0729 e. The molecule has 102 valence electrons. The van der Waals surface area contributed by atoms with E-state index in [9.17, 15) is 10.2 Å². The molecule has 3 nitrogen and oxygen atoms in total. The molecule has 0 aromatic heterocycles. The van der Waals surface area contributed by atoms with Gasteiger partial charge in [-0.1, -0.05) is 20.3 Å². The number of nitrogens with zero attached hydrogens (tertiary/aromatic N) is 1. The quantitative estimate of drug-likeness (QED) is 0.789. The normalized spacial score (nSPS) is 58.7. The number of aliphatic hydroxyl groups excluding tert-OH is 2. The van der Waals surface area contributed by atoms with Crippen molar-refractivity contribution in [3.05, 3.63) is 0 Å². The first-order valence-corrected chi connectivity index (χ1v) is 7.75. The van der Waals surface area contributed by atoms with Crippen molar-refractivity contribution in [2.75, 3.05) is 6.54 Å². The first kappa shape index (κ1) is 11.7. The molecule has 18 heavy (non-hydrogen) atoms. The van der Waals surface area contributed by atoms with Gasteiger partial charge in [0.1, 0.15) is 0 Å². The highest BCUT2D eigenvalue weighted by Gasteiger charge is 2.69. The van der Waals surface area contributed by atoms with Crippen LogP contribution in [0.15, 0.2) is 0 Å². The fourth-order valence-electron chi connectivity index (χ4n) is 5.77. The van der Waals surface area contributed by atoms with Gasteiger partial charge in [0, 0.05) is 18.6 Å². The molecule has 3 heteroatoms. The van der Waals surface area contributed by atoms with Crippen LogP contribution in [0.5, 0.6) is 0 Å². The van der Waals surface area contributed by atoms with Crippen molar-refractivity contribution in [3.8, 4) is 0 Å². The Hall–Kier alpha value is -0.120. The molecule has 1 heterocycles. The maximum atomic E-state index is 10.5. The van der Waals surface area contributed by atoms with Crippen molar-refractivity contribution in [1.82, 2.24) is 4.90 Å². The molecule has 3 aliphatic carbocycles. The molecule has 1 saturated heterocycles. The number of aliphatic hydroxyl groups is 2. The average Bonchev–Trinajstić information content (AvgIpc) is 2.91. The predicted octanol–water partition coefficient (Wildman–Crippen LogP) is 1.09. The molecule has 0 aromatic rings. The van der Waals surface area contributed by atoms with Gasteiger partial charge in [0.05, 0.1) is 12.2 Å². The minimum absolute atomic E-state index is 0.113. The summed E-state index contributed by atoms with van der Waals surface area (Å²) < 4.78 is 0. The second-order valence-corrected chi connectivity index (χ2v) is 7.29. The highest BCUT2D eigenvalue weighted by Crippen LogP contribution is 2.64. The van der Waals surface area contributed by atoms with Crippen LogP contribution >= 0.6 is 0 Å². The Morgan fingerprint density at radius 3 is 2.61 bits per heavy atom. The zero-order valence-corrected chi connectivity index (χ0v) is 11.4. The van der Waals surface area contributed by atoms with Gasteiger partial charge in [0.15, 0.2) is 0 Å². The third kappa shape index (κ3) is 1.21. The smallest absolute Gasteiger partial charge is 0.0729 e. The van der Waals surface area contributed by atoms with Crippen molar-refractivity contribution in [2.45, 2.75) is 57.4 Å². The molecule has 4 bridgehead atoms. The zero-order valence-electron chi connectivity index (χ0n) is 11.4. The Bertz CT molecular complexity index is 360. The lowest BCUT2D eigenvalue weighted by Gasteiger charge is -2.49. The summed E-state index contributed by atoms with van der Waals surface area (Å²) in [6.07, 6.45) is 3.26. The van der Waals surface area contributed by atoms with E-state index >= 15 is 0 Å². The highest BCUT2D eigenvalue weighted by atomic mass is 16.3. The third-order valence-corrected chi connectivity index (χ3v) is 6.64. The molecule has 2 N–H and O–H groups in total. The van der Waals surface area contributed by atoms with Crippen LogP contribution in [0.2, 0.25) is 0 Å². The van der Waals surface area contributed by atoms with E-state index in [2.05, 4.69) is 18.7 Å². The van der Waals surface area contributed by atoms with E-state index in [1.165, 1.54) is 12.8 Å². The Morgan fingerprint density at radius 1 is 1.11 bits per heavy atom. The first-order valence-electron chi connectivity index (χ1n) is 7.75. The van der Waals surface area contributed by atoms with Gasteiger partial charge in [-0.3, -0.25) is 4.90 Å². The Kier molecular flexibility index (Phi) is 2.41. The number of piperidine rings is 1. The summed E-state index contributed by atoms with van der Waals surface area (Å²) in [6.45, 7) is 5.58. The van der Waals surface area contributed by atoms with Crippen molar-refractivity contribution in [2.24, 2.45) is 29.6 Å². The van der Waals surface area contributed by atoms with Crippen LogP contribution in [0.3, 0.4) is 0 Å². The molecule has 0 radical (unpaired) electrons. The molecular weight excluding hydrogens is 226 g/mol. The van der Waals surface area contributed by atoms with E-state index in [1.807, 2.05) is 0 Å². The fourth-order valence-corrected chi connectivity index (χ4v) is 5.77. The molecule has 0 amide bonds. The fraction of sp³-hybridized carbons (Fsp3) is 1.00. The molecule has 4 rings (SSSR count). The van der Waals surface area contributed by atoms with Crippen LogP contribution in [0, 0.1) is 29.6 Å². The van der Waals surface area contributed by atoms with E-state index in [-0.39, 0.29) is 12.2 Å². The van der Waals surface area contributed by atoms with E-state index in [0.29, 0.717) is 41.7 Å². The molecule has 3 saturated carbocycles. The largest absolute Gasteiger partial charge is 0.391 e. The predicted molar refractivity (Wildman–Crippen MR) is 68.9 cm³/mol. The minimum atomic E-state index is -0.113. The van der Waals surface area contributed by atoms with Crippen molar-refractivity contribution in [1.29, 1.82) is 0 Å². The molecule has 4 fully saturated rings. The number of likely N-dealkylation sites (tertiary alicyclic amines) is 1. The average molecular weight is 251 g/mol. The molecule has 1 aliphatic heterocycles. The molecule has 4 aliphatic rings. The molecule has 9 atom stereocenters. The third-order valence-electron chi connectivity index (χ3n) is 6.64. The second kappa shape index (κ2) is 3.71. The van der Waals surface area contributed by atoms with Gasteiger partial charge in [-0.25, -0.2) is 0 Å². The second-order valence-electron chi connectivity index (χ2n) is 7.29. The van der Waals surface area contributed by atoms with Crippen molar-refractivity contribution in [3.63, 3.8) is 0 Å². The summed E-state index contributed by atoms with van der Waals surface area (Å²) in [6, 6.07) is 0.705. The lowest BCUT2D eigenvalue weighted by molar-refractivity contribution is -0.102. The van der Waals surface area contributed by atoms with Crippen molar-refractivity contribution < 1.29 is 10.2 Å². The van der Waals surface area contributed by atoms with Gasteiger partial charge in [-0.05, 0) is 42.4 Å². The summed E-state index contributed by atoms with van der Waals surface area (Å²) in [7, 11) is 0. The Morgan fingerprint density at radius 2 is 1.89 bits per heavy atom. The molecular formula is C15H25NO2. The summed E-state index contributed by atoms with van der Waals surface area (Å²) in [4.78, 5) is 2.50. The van der Waals surface area contributed by atoms with E-state index in [1.54, 1.807) is 0 Å². The molecule has 0 unspecified atom stereocenters. The molecule has 0 aromatic carbocycles. The monoisotopic (exact) mass is 251 g/mol. The van der Waals surface area contributed by atoms with Crippen LogP contribution in [0.4, 0.5) is 0 Å². The Labute approximate surface area is 109 Å². The van der Waals surface area contributed by atoms with Crippen LogP contribution in [0.1, 0.15) is 33.1 Å². The van der Waals surface area contributed by atoms with Gasteiger partial charge >= 0.3 is 0 Å². The van der Waals surface area contributed by atoms with Crippen molar-refractivity contribution >= 4 is 0 Å². The first-order chi connectivity index (χ1) is 8.63. The summed E-state index contributed by atoms with van der Waals surface area (Å²) in [5.74, 6) is 2.86. The van der Waals surface area contributed by atoms with E-state index in [0.717, 1.165) is 13.0 Å². The SMILES string of the molecule is CC[C@H](C)CN1[C@@H]2[C@@H](O)[C@@H]3C[C@H]2[C@H]2[C@H](O)[C@@H]1C[C@H]32. The van der Waals surface area contributed by atoms with Gasteiger partial charge in [-0.15, -0.1) is 0 Å². The summed E-state index contributed by atoms with van der Waals surface area (Å²) in [5, 5.41) is 21.1. The van der Waals surface area contributed by atoms with Crippen LogP contribution in [-0.2, 0) is 0 Å². The van der Waals surface area contributed by atoms with Crippen LogP contribution in [-0.4, -0.2) is 45.9 Å². The Balaban J connectivity index is 1.67. The number of hydrogen-bond acceptors (Lipinski definition) is 3. The topological polar surface area (TPSA) is 43.7 Å². The lowest BCUT2D eigenvalue weighted by Crippen LogP contribution is -2.61. The standard InChI is InChI=1S/C15H25NO2/c1-3-7(2)6-16-11-5-8-9-4-10(12(8)15(11)18)13(16)14(9)17/h7-15,17-18H,3-6H2,1-2H3/t7-,8+,9+,10-,11-,12-,13-,14-,15+/m0/s1. The summed E-state index contributed by atoms with van der Waals surface area (Å²) >= 11 is 0. The van der Waals surface area contributed by atoms with E-state index in [4.69, 9.17) is 0 Å². The minimum Gasteiger partial charge on any atom is -0.391 e. The van der Waals surface area contributed by atoms with Crippen LogP contribution < -0.4 is 0 Å². The van der Waals surface area contributed by atoms with Gasteiger partial charge in [0.25, 0.3) is 0 Å². The van der Waals surface area contributed by atoms with Gasteiger partial charge < -0.3 is 10.2 Å². The molecule has 0 spiro atoms. The summed E-state index contributed by atoms with van der Waals surface area (Å²) in [5.41, 5.74) is 0. The zero-order chi connectivity index (χ0) is 12.6. The number of hydrogen-bond donors (Lipinski definition) is 2. The number of rotatable bonds is 3. The maximum absolute atomic E-state index is 10.5. The van der Waals surface area contributed by atoms with E-state index < -0.39 is 0 Å². The van der Waals surface area contributed by atoms with Crippen LogP contribution in [0.25, 0.3) is 0 Å². The highest BCUT2D eigenvalue weighted by molar-refractivity contribution is 5.21. The number of fused-ring (bicyclic) bond motifs is 3. The van der Waals surface area contributed by atoms with Gasteiger partial charge in [0.2, 0.25) is 0 Å².